The fourth-order valence-corrected chi connectivity index (χ4v) is 8.54. The molecule has 1 atom stereocenters. The van der Waals surface area contributed by atoms with Crippen molar-refractivity contribution in [1.29, 1.82) is 0 Å². The molecular formula is C32H33ClFN3O4S. The van der Waals surface area contributed by atoms with Crippen molar-refractivity contribution in [3.05, 3.63) is 94.3 Å². The zero-order chi connectivity index (χ0) is 29.6. The van der Waals surface area contributed by atoms with Crippen molar-refractivity contribution in [2.75, 3.05) is 17.4 Å². The van der Waals surface area contributed by atoms with E-state index in [1.165, 1.54) is 16.4 Å². The highest BCUT2D eigenvalue weighted by molar-refractivity contribution is 7.92. The molecule has 1 aliphatic carbocycles. The quantitative estimate of drug-likeness (QED) is 0.374. The van der Waals surface area contributed by atoms with E-state index in [1.807, 2.05) is 24.3 Å². The van der Waals surface area contributed by atoms with Crippen molar-refractivity contribution in [3.63, 3.8) is 0 Å². The van der Waals surface area contributed by atoms with Crippen LogP contribution in [-0.2, 0) is 26.8 Å². The second-order valence-electron chi connectivity index (χ2n) is 11.6. The molecule has 2 amide bonds. The molecule has 10 heteroatoms. The van der Waals surface area contributed by atoms with Gasteiger partial charge in [-0.05, 0) is 84.8 Å². The van der Waals surface area contributed by atoms with Crippen molar-refractivity contribution >= 4 is 39.1 Å². The number of amides is 2. The van der Waals surface area contributed by atoms with E-state index in [9.17, 15) is 22.4 Å². The third-order valence-corrected chi connectivity index (χ3v) is 11.3. The van der Waals surface area contributed by atoms with Gasteiger partial charge in [-0.1, -0.05) is 42.6 Å². The molecule has 7 nitrogen and oxygen atoms in total. The Balaban J connectivity index is 1.42. The highest BCUT2D eigenvalue weighted by atomic mass is 35.5. The maximum absolute atomic E-state index is 14.3. The monoisotopic (exact) mass is 609 g/mol. The molecule has 3 aliphatic rings. The molecule has 0 bridgehead atoms. The summed E-state index contributed by atoms with van der Waals surface area (Å²) in [6.45, 7) is 2.81. The van der Waals surface area contributed by atoms with Crippen LogP contribution in [0.25, 0.3) is 0 Å². The first kappa shape index (κ1) is 28.7. The Morgan fingerprint density at radius 3 is 2.36 bits per heavy atom. The summed E-state index contributed by atoms with van der Waals surface area (Å²) in [6.07, 6.45) is 3.93. The van der Waals surface area contributed by atoms with Gasteiger partial charge in [0.1, 0.15) is 5.82 Å². The van der Waals surface area contributed by atoms with Gasteiger partial charge in [0.25, 0.3) is 15.9 Å². The number of likely N-dealkylation sites (tertiary alicyclic amines) is 1. The SMILES string of the molecule is CC(=O)N1CCC2(CC1)c1cc(C(=O)NCc3ccccc3Cl)ccc1N(S(=O)(=O)c1ccc(F)cc1)C2CC1CC1. The van der Waals surface area contributed by atoms with Gasteiger partial charge in [0.05, 0.1) is 16.6 Å². The Hall–Kier alpha value is -3.43. The standard InChI is InChI=1S/C32H33ClFN3O4S/c1-21(38)36-16-14-32(15-17-36)27-19-23(31(39)35-20-24-4-2-3-5-28(24)33)8-13-29(27)37(30(32)18-22-6-7-22)42(40,41)26-11-9-25(34)10-12-26/h2-5,8-13,19,22,30H,6-7,14-18,20H2,1H3,(H,35,39). The number of hydrogen-bond acceptors (Lipinski definition) is 4. The number of carbonyl (C=O) groups is 2. The van der Waals surface area contributed by atoms with E-state index < -0.39 is 21.3 Å². The van der Waals surface area contributed by atoms with Crippen molar-refractivity contribution in [3.8, 4) is 0 Å². The molecule has 42 heavy (non-hydrogen) atoms. The number of benzene rings is 3. The lowest BCUT2D eigenvalue weighted by Crippen LogP contribution is -2.53. The normalized spacial score (nSPS) is 19.5. The van der Waals surface area contributed by atoms with E-state index in [4.69, 9.17) is 11.6 Å². The maximum Gasteiger partial charge on any atom is 0.264 e. The predicted octanol–water partition coefficient (Wildman–Crippen LogP) is 5.67. The van der Waals surface area contributed by atoms with Gasteiger partial charge in [-0.25, -0.2) is 12.8 Å². The Bertz CT molecular complexity index is 1630. The molecule has 1 saturated heterocycles. The summed E-state index contributed by atoms with van der Waals surface area (Å²) in [5.41, 5.74) is 2.01. The summed E-state index contributed by atoms with van der Waals surface area (Å²) in [6, 6.07) is 17.1. The van der Waals surface area contributed by atoms with Gasteiger partial charge in [-0.2, -0.15) is 0 Å². The number of sulfonamides is 1. The Morgan fingerprint density at radius 1 is 1.02 bits per heavy atom. The number of nitrogens with zero attached hydrogens (tertiary/aromatic N) is 2. The van der Waals surface area contributed by atoms with Gasteiger partial charge < -0.3 is 10.2 Å². The first-order valence-corrected chi connectivity index (χ1v) is 16.1. The molecule has 2 fully saturated rings. The second-order valence-corrected chi connectivity index (χ2v) is 13.8. The highest BCUT2D eigenvalue weighted by Gasteiger charge is 2.56. The molecule has 6 rings (SSSR count). The van der Waals surface area contributed by atoms with Crippen LogP contribution in [0.4, 0.5) is 10.1 Å². The van der Waals surface area contributed by atoms with Crippen LogP contribution in [0.2, 0.25) is 5.02 Å². The molecule has 3 aromatic rings. The van der Waals surface area contributed by atoms with Crippen LogP contribution in [0.15, 0.2) is 71.6 Å². The smallest absolute Gasteiger partial charge is 0.264 e. The van der Waals surface area contributed by atoms with Crippen LogP contribution >= 0.6 is 11.6 Å². The molecule has 220 valence electrons. The topological polar surface area (TPSA) is 86.8 Å². The lowest BCUT2D eigenvalue weighted by Gasteiger charge is -2.45. The molecular weight excluding hydrogens is 577 g/mol. The van der Waals surface area contributed by atoms with Gasteiger partial charge in [0, 0.05) is 42.6 Å². The van der Waals surface area contributed by atoms with Gasteiger partial charge in [-0.3, -0.25) is 13.9 Å². The van der Waals surface area contributed by atoms with E-state index >= 15 is 0 Å². The zero-order valence-corrected chi connectivity index (χ0v) is 24.9. The summed E-state index contributed by atoms with van der Waals surface area (Å²) < 4.78 is 43.8. The summed E-state index contributed by atoms with van der Waals surface area (Å²) in [5, 5.41) is 3.51. The first-order valence-electron chi connectivity index (χ1n) is 14.3. The van der Waals surface area contributed by atoms with Crippen molar-refractivity contribution in [2.24, 2.45) is 5.92 Å². The maximum atomic E-state index is 14.3. The van der Waals surface area contributed by atoms with Crippen molar-refractivity contribution in [2.45, 2.75) is 61.9 Å². The number of fused-ring (bicyclic) bond motifs is 2. The fourth-order valence-electron chi connectivity index (χ4n) is 6.59. The number of rotatable bonds is 7. The van der Waals surface area contributed by atoms with Crippen molar-refractivity contribution < 1.29 is 22.4 Å². The summed E-state index contributed by atoms with van der Waals surface area (Å²) in [7, 11) is -4.05. The second kappa shape index (κ2) is 11.0. The number of halogens is 2. The minimum Gasteiger partial charge on any atom is -0.348 e. The molecule has 1 N–H and O–H groups in total. The summed E-state index contributed by atoms with van der Waals surface area (Å²) >= 11 is 6.28. The molecule has 1 unspecified atom stereocenters. The van der Waals surface area contributed by atoms with Gasteiger partial charge in [0.15, 0.2) is 0 Å². The molecule has 1 spiro atoms. The Morgan fingerprint density at radius 2 is 1.71 bits per heavy atom. The van der Waals surface area contributed by atoms with Crippen LogP contribution < -0.4 is 9.62 Å². The fraction of sp³-hybridized carbons (Fsp3) is 0.375. The minimum absolute atomic E-state index is 0.00898. The van der Waals surface area contributed by atoms with Crippen LogP contribution in [-0.4, -0.2) is 44.3 Å². The van der Waals surface area contributed by atoms with Crippen LogP contribution in [0.5, 0.6) is 0 Å². The molecule has 3 aromatic carbocycles. The molecule has 0 aromatic heterocycles. The average Bonchev–Trinajstić information content (AvgIpc) is 3.76. The van der Waals surface area contributed by atoms with Crippen LogP contribution in [0.1, 0.15) is 60.5 Å². The van der Waals surface area contributed by atoms with Crippen molar-refractivity contribution in [1.82, 2.24) is 10.2 Å². The van der Waals surface area contributed by atoms with Gasteiger partial charge in [-0.15, -0.1) is 0 Å². The van der Waals surface area contributed by atoms with E-state index in [1.54, 1.807) is 30.0 Å². The van der Waals surface area contributed by atoms with Crippen LogP contribution in [0.3, 0.4) is 0 Å². The Labute approximate surface area is 250 Å². The number of carbonyl (C=O) groups excluding carboxylic acids is 2. The number of anilines is 1. The Kier molecular flexibility index (Phi) is 7.51. The highest BCUT2D eigenvalue weighted by Crippen LogP contribution is 2.56. The van der Waals surface area contributed by atoms with Crippen LogP contribution in [0, 0.1) is 11.7 Å². The average molecular weight is 610 g/mol. The predicted molar refractivity (Wildman–Crippen MR) is 159 cm³/mol. The molecule has 1 saturated carbocycles. The molecule has 2 aliphatic heterocycles. The first-order chi connectivity index (χ1) is 20.1. The largest absolute Gasteiger partial charge is 0.348 e. The molecule has 0 radical (unpaired) electrons. The van der Waals surface area contributed by atoms with E-state index in [0.717, 1.165) is 36.1 Å². The third-order valence-electron chi connectivity index (χ3n) is 9.08. The lowest BCUT2D eigenvalue weighted by atomic mass is 9.68. The molecule has 2 heterocycles. The summed E-state index contributed by atoms with van der Waals surface area (Å²) in [4.78, 5) is 27.4. The van der Waals surface area contributed by atoms with E-state index in [-0.39, 0.29) is 29.3 Å². The zero-order valence-electron chi connectivity index (χ0n) is 23.4. The lowest BCUT2D eigenvalue weighted by molar-refractivity contribution is -0.130. The third kappa shape index (κ3) is 5.17. The number of hydrogen-bond donors (Lipinski definition) is 1. The number of piperidine rings is 1. The number of nitrogens with one attached hydrogen (secondary N) is 1. The summed E-state index contributed by atoms with van der Waals surface area (Å²) in [5.74, 6) is -0.389. The minimum atomic E-state index is -4.05. The van der Waals surface area contributed by atoms with E-state index in [2.05, 4.69) is 5.32 Å². The van der Waals surface area contributed by atoms with Gasteiger partial charge >= 0.3 is 0 Å². The van der Waals surface area contributed by atoms with E-state index in [0.29, 0.717) is 54.5 Å². The van der Waals surface area contributed by atoms with Gasteiger partial charge in [0.2, 0.25) is 5.91 Å².